The predicted octanol–water partition coefficient (Wildman–Crippen LogP) is 5.92. The predicted molar refractivity (Wildman–Crippen MR) is 117 cm³/mol. The molecule has 5 nitrogen and oxygen atoms in total. The number of benzene rings is 2. The number of fused-ring (bicyclic) bond motifs is 1. The van der Waals surface area contributed by atoms with Crippen molar-refractivity contribution in [2.75, 3.05) is 13.2 Å². The number of carbonyl (C=O) groups is 1. The molecule has 0 saturated carbocycles. The summed E-state index contributed by atoms with van der Waals surface area (Å²) in [7, 11) is 0. The number of carboxylic acids is 1. The monoisotopic (exact) mass is 405 g/mol. The highest BCUT2D eigenvalue weighted by Crippen LogP contribution is 2.35. The molecule has 0 amide bonds. The van der Waals surface area contributed by atoms with E-state index in [9.17, 15) is 9.90 Å². The molecule has 0 bridgehead atoms. The summed E-state index contributed by atoms with van der Waals surface area (Å²) in [6.07, 6.45) is 1.68. The molecule has 1 saturated heterocycles. The van der Waals surface area contributed by atoms with Gasteiger partial charge in [0.15, 0.2) is 0 Å². The Balaban J connectivity index is 1.70. The standard InChI is InChI=1S/C25H27NO4/c1-25(2,3)18-5-8-19(9-6-18)30-20-7-4-17-14-22(24(27)28)26-23(21(17)15-20)16-10-12-29-13-11-16/h4-9,14-16H,10-13H2,1-3H3,(H,27,28). The van der Waals surface area contributed by atoms with Gasteiger partial charge in [0.1, 0.15) is 17.2 Å². The molecular weight excluding hydrogens is 378 g/mol. The average Bonchev–Trinajstić information content (AvgIpc) is 2.73. The summed E-state index contributed by atoms with van der Waals surface area (Å²) in [6.45, 7) is 7.89. The van der Waals surface area contributed by atoms with Gasteiger partial charge in [-0.25, -0.2) is 9.78 Å². The van der Waals surface area contributed by atoms with Gasteiger partial charge in [-0.1, -0.05) is 39.0 Å². The molecule has 0 atom stereocenters. The molecule has 156 valence electrons. The molecule has 1 aliphatic rings. The Bertz CT molecular complexity index is 1060. The highest BCUT2D eigenvalue weighted by Gasteiger charge is 2.22. The molecule has 2 heterocycles. The third-order valence-electron chi connectivity index (χ3n) is 5.62. The van der Waals surface area contributed by atoms with E-state index in [-0.39, 0.29) is 17.0 Å². The summed E-state index contributed by atoms with van der Waals surface area (Å²) in [4.78, 5) is 16.1. The summed E-state index contributed by atoms with van der Waals surface area (Å²) >= 11 is 0. The lowest BCUT2D eigenvalue weighted by molar-refractivity contribution is 0.0689. The molecule has 1 aliphatic heterocycles. The Labute approximate surface area is 176 Å². The third kappa shape index (κ3) is 4.31. The Morgan fingerprint density at radius 2 is 1.70 bits per heavy atom. The number of ether oxygens (including phenoxy) is 2. The molecule has 0 unspecified atom stereocenters. The van der Waals surface area contributed by atoms with Crippen molar-refractivity contribution in [2.24, 2.45) is 0 Å². The van der Waals surface area contributed by atoms with Gasteiger partial charge in [-0.3, -0.25) is 0 Å². The Kier molecular flexibility index (Phi) is 5.48. The van der Waals surface area contributed by atoms with E-state index in [1.165, 1.54) is 5.56 Å². The first-order chi connectivity index (χ1) is 14.3. The molecule has 1 fully saturated rings. The SMILES string of the molecule is CC(C)(C)c1ccc(Oc2ccc3cc(C(=O)O)nc(C4CCOCC4)c3c2)cc1. The Morgan fingerprint density at radius 3 is 2.33 bits per heavy atom. The summed E-state index contributed by atoms with van der Waals surface area (Å²) in [6, 6.07) is 15.5. The zero-order valence-corrected chi connectivity index (χ0v) is 17.6. The number of hydrogen-bond acceptors (Lipinski definition) is 4. The average molecular weight is 405 g/mol. The van der Waals surface area contributed by atoms with E-state index in [2.05, 4.69) is 37.9 Å². The minimum absolute atomic E-state index is 0.0791. The van der Waals surface area contributed by atoms with E-state index in [1.54, 1.807) is 6.07 Å². The van der Waals surface area contributed by atoms with Crippen LogP contribution in [0.3, 0.4) is 0 Å². The lowest BCUT2D eigenvalue weighted by atomic mass is 9.87. The fourth-order valence-electron chi connectivity index (χ4n) is 3.87. The summed E-state index contributed by atoms with van der Waals surface area (Å²) in [5.74, 6) is 0.653. The Morgan fingerprint density at radius 1 is 1.03 bits per heavy atom. The van der Waals surface area contributed by atoms with E-state index in [0.29, 0.717) is 19.0 Å². The number of pyridine rings is 1. The fraction of sp³-hybridized carbons (Fsp3) is 0.360. The lowest BCUT2D eigenvalue weighted by Crippen LogP contribution is -2.16. The largest absolute Gasteiger partial charge is 0.477 e. The molecule has 5 heteroatoms. The highest BCUT2D eigenvalue weighted by molar-refractivity contribution is 5.94. The third-order valence-corrected chi connectivity index (χ3v) is 5.62. The minimum atomic E-state index is -1.01. The van der Waals surface area contributed by atoms with Crippen molar-refractivity contribution in [1.29, 1.82) is 0 Å². The first kappa shape index (κ1) is 20.4. The van der Waals surface area contributed by atoms with Crippen molar-refractivity contribution in [3.63, 3.8) is 0 Å². The Hall–Kier alpha value is -2.92. The van der Waals surface area contributed by atoms with Crippen LogP contribution in [0.25, 0.3) is 10.8 Å². The maximum Gasteiger partial charge on any atom is 0.354 e. The maximum atomic E-state index is 11.6. The van der Waals surface area contributed by atoms with Gasteiger partial charge in [-0.15, -0.1) is 0 Å². The van der Waals surface area contributed by atoms with Crippen LogP contribution in [-0.2, 0) is 10.2 Å². The molecule has 3 aromatic rings. The van der Waals surface area contributed by atoms with Crippen molar-refractivity contribution in [2.45, 2.75) is 44.9 Å². The van der Waals surface area contributed by atoms with Gasteiger partial charge in [0, 0.05) is 24.5 Å². The first-order valence-corrected chi connectivity index (χ1v) is 10.4. The molecule has 1 N–H and O–H groups in total. The van der Waals surface area contributed by atoms with Crippen LogP contribution < -0.4 is 4.74 Å². The molecule has 2 aromatic carbocycles. The number of nitrogens with zero attached hydrogens (tertiary/aromatic N) is 1. The second kappa shape index (κ2) is 8.07. The number of aromatic carboxylic acids is 1. The van der Waals surface area contributed by atoms with Crippen LogP contribution in [0.1, 0.15) is 61.3 Å². The maximum absolute atomic E-state index is 11.6. The zero-order chi connectivity index (χ0) is 21.3. The van der Waals surface area contributed by atoms with E-state index in [0.717, 1.165) is 35.1 Å². The highest BCUT2D eigenvalue weighted by atomic mass is 16.5. The van der Waals surface area contributed by atoms with Crippen LogP contribution in [0.15, 0.2) is 48.5 Å². The number of aromatic nitrogens is 1. The van der Waals surface area contributed by atoms with Crippen LogP contribution in [0.2, 0.25) is 0 Å². The van der Waals surface area contributed by atoms with Gasteiger partial charge in [-0.05, 0) is 59.5 Å². The molecule has 30 heavy (non-hydrogen) atoms. The topological polar surface area (TPSA) is 68.7 Å². The first-order valence-electron chi connectivity index (χ1n) is 10.4. The zero-order valence-electron chi connectivity index (χ0n) is 17.6. The molecular formula is C25H27NO4. The van der Waals surface area contributed by atoms with Crippen molar-refractivity contribution in [3.05, 3.63) is 65.5 Å². The summed E-state index contributed by atoms with van der Waals surface area (Å²) in [5, 5.41) is 11.3. The van der Waals surface area contributed by atoms with Crippen molar-refractivity contribution < 1.29 is 19.4 Å². The van der Waals surface area contributed by atoms with E-state index >= 15 is 0 Å². The van der Waals surface area contributed by atoms with Crippen LogP contribution in [0.4, 0.5) is 0 Å². The van der Waals surface area contributed by atoms with Crippen molar-refractivity contribution in [1.82, 2.24) is 4.98 Å². The quantitative estimate of drug-likeness (QED) is 0.584. The summed E-state index contributed by atoms with van der Waals surface area (Å²) < 4.78 is 11.6. The molecule has 0 aliphatic carbocycles. The van der Waals surface area contributed by atoms with Crippen LogP contribution in [0.5, 0.6) is 11.5 Å². The second-order valence-corrected chi connectivity index (χ2v) is 8.84. The molecule has 0 spiro atoms. The second-order valence-electron chi connectivity index (χ2n) is 8.84. The van der Waals surface area contributed by atoms with E-state index < -0.39 is 5.97 Å². The van der Waals surface area contributed by atoms with Gasteiger partial charge < -0.3 is 14.6 Å². The van der Waals surface area contributed by atoms with Crippen LogP contribution >= 0.6 is 0 Å². The number of rotatable bonds is 4. The summed E-state index contributed by atoms with van der Waals surface area (Å²) in [5.41, 5.74) is 2.24. The van der Waals surface area contributed by atoms with Gasteiger partial charge >= 0.3 is 5.97 Å². The van der Waals surface area contributed by atoms with Crippen molar-refractivity contribution >= 4 is 16.7 Å². The van der Waals surface area contributed by atoms with Gasteiger partial charge in [-0.2, -0.15) is 0 Å². The van der Waals surface area contributed by atoms with E-state index in [4.69, 9.17) is 9.47 Å². The van der Waals surface area contributed by atoms with Gasteiger partial charge in [0.05, 0.1) is 5.69 Å². The van der Waals surface area contributed by atoms with E-state index in [1.807, 2.05) is 30.3 Å². The molecule has 1 aromatic heterocycles. The van der Waals surface area contributed by atoms with Crippen molar-refractivity contribution in [3.8, 4) is 11.5 Å². The number of carboxylic acid groups (broad SMARTS) is 1. The number of hydrogen-bond donors (Lipinski definition) is 1. The molecule has 0 radical (unpaired) electrons. The smallest absolute Gasteiger partial charge is 0.354 e. The van der Waals surface area contributed by atoms with Gasteiger partial charge in [0.25, 0.3) is 0 Å². The fourth-order valence-corrected chi connectivity index (χ4v) is 3.87. The van der Waals surface area contributed by atoms with Gasteiger partial charge in [0.2, 0.25) is 0 Å². The van der Waals surface area contributed by atoms with Crippen LogP contribution in [-0.4, -0.2) is 29.3 Å². The van der Waals surface area contributed by atoms with Crippen LogP contribution in [0, 0.1) is 0 Å². The molecule has 4 rings (SSSR count). The minimum Gasteiger partial charge on any atom is -0.477 e. The lowest BCUT2D eigenvalue weighted by Gasteiger charge is -2.23. The normalized spacial score (nSPS) is 15.3.